The van der Waals surface area contributed by atoms with E-state index in [4.69, 9.17) is 9.47 Å². The van der Waals surface area contributed by atoms with Gasteiger partial charge in [0, 0.05) is 6.42 Å². The van der Waals surface area contributed by atoms with Gasteiger partial charge in [-0.3, -0.25) is 9.36 Å². The minimum absolute atomic E-state index is 0.0654. The van der Waals surface area contributed by atoms with Crippen LogP contribution >= 0.6 is 0 Å². The van der Waals surface area contributed by atoms with Crippen LogP contribution in [-0.4, -0.2) is 43.5 Å². The fraction of sp³-hybridized carbons (Fsp3) is 0.208. The Hall–Kier alpha value is -4.29. The molecule has 9 heteroatoms. The number of nitriles is 1. The fourth-order valence-corrected chi connectivity index (χ4v) is 4.24. The number of rotatable bonds is 4. The first kappa shape index (κ1) is 19.4. The summed E-state index contributed by atoms with van der Waals surface area (Å²) < 4.78 is 14.7. The highest BCUT2D eigenvalue weighted by Gasteiger charge is 2.21. The zero-order valence-corrected chi connectivity index (χ0v) is 17.5. The summed E-state index contributed by atoms with van der Waals surface area (Å²) in [6.07, 6.45) is 2.18. The van der Waals surface area contributed by atoms with E-state index in [-0.39, 0.29) is 18.2 Å². The Bertz CT molecular complexity index is 1630. The van der Waals surface area contributed by atoms with Crippen LogP contribution in [0.25, 0.3) is 27.5 Å². The fourth-order valence-electron chi connectivity index (χ4n) is 4.24. The Kier molecular flexibility index (Phi) is 4.52. The van der Waals surface area contributed by atoms with Gasteiger partial charge in [0.2, 0.25) is 5.88 Å². The van der Waals surface area contributed by atoms with Gasteiger partial charge in [0.1, 0.15) is 17.7 Å². The van der Waals surface area contributed by atoms with Crippen LogP contribution in [0.15, 0.2) is 59.5 Å². The summed E-state index contributed by atoms with van der Waals surface area (Å²) >= 11 is 0. The van der Waals surface area contributed by atoms with E-state index < -0.39 is 0 Å². The molecule has 0 radical (unpaired) electrons. The molecule has 1 saturated heterocycles. The van der Waals surface area contributed by atoms with Crippen LogP contribution in [0.1, 0.15) is 17.8 Å². The molecule has 162 valence electrons. The topological polar surface area (TPSA) is 107 Å². The minimum Gasteiger partial charge on any atom is -0.471 e. The molecule has 33 heavy (non-hydrogen) atoms. The second-order valence-corrected chi connectivity index (χ2v) is 7.88. The zero-order chi connectivity index (χ0) is 22.4. The molecule has 1 aliphatic heterocycles. The summed E-state index contributed by atoms with van der Waals surface area (Å²) in [7, 11) is 0. The quantitative estimate of drug-likeness (QED) is 0.425. The van der Waals surface area contributed by atoms with E-state index in [0.29, 0.717) is 47.0 Å². The summed E-state index contributed by atoms with van der Waals surface area (Å²) in [5.41, 5.74) is 1.83. The average molecular weight is 438 g/mol. The molecule has 0 bridgehead atoms. The van der Waals surface area contributed by atoms with E-state index in [1.54, 1.807) is 16.6 Å². The predicted molar refractivity (Wildman–Crippen MR) is 120 cm³/mol. The monoisotopic (exact) mass is 438 g/mol. The molecule has 3 aromatic heterocycles. The first-order valence-electron chi connectivity index (χ1n) is 10.6. The lowest BCUT2D eigenvalue weighted by Gasteiger charge is -2.15. The number of ether oxygens (including phenoxy) is 2. The minimum atomic E-state index is -0.237. The molecule has 0 amide bonds. The number of nitrogens with zero attached hydrogens (tertiary/aromatic N) is 6. The normalized spacial score (nSPS) is 15.9. The third-order valence-electron chi connectivity index (χ3n) is 5.81. The lowest BCUT2D eigenvalue weighted by Crippen LogP contribution is -2.25. The van der Waals surface area contributed by atoms with Gasteiger partial charge in [0.25, 0.3) is 5.56 Å². The maximum Gasteiger partial charge on any atom is 0.262 e. The number of aromatic nitrogens is 5. The van der Waals surface area contributed by atoms with Crippen molar-refractivity contribution in [3.05, 3.63) is 76.5 Å². The Labute approximate surface area is 187 Å². The van der Waals surface area contributed by atoms with Crippen LogP contribution in [0.4, 0.5) is 0 Å². The standard InChI is InChI=1S/C24H18N6O3/c25-11-15-12-26-30-20-8-4-2-6-18(20)24(31)29(23(15)30)13-21-27-19-7-3-1-5-17(19)22(28-21)33-16-9-10-32-14-16/h1-8,12,16H,9-10,13-14H2. The van der Waals surface area contributed by atoms with Crippen molar-refractivity contribution in [3.63, 3.8) is 0 Å². The molecule has 1 aliphatic rings. The number of benzene rings is 2. The van der Waals surface area contributed by atoms with Gasteiger partial charge in [-0.25, -0.2) is 9.50 Å². The first-order valence-corrected chi connectivity index (χ1v) is 10.6. The van der Waals surface area contributed by atoms with E-state index in [2.05, 4.69) is 21.1 Å². The van der Waals surface area contributed by atoms with Gasteiger partial charge in [0.15, 0.2) is 11.5 Å². The molecule has 0 saturated carbocycles. The van der Waals surface area contributed by atoms with Crippen molar-refractivity contribution >= 4 is 27.5 Å². The highest BCUT2D eigenvalue weighted by Crippen LogP contribution is 2.25. The molecule has 0 aliphatic carbocycles. The Morgan fingerprint density at radius 3 is 2.76 bits per heavy atom. The van der Waals surface area contributed by atoms with E-state index in [1.165, 1.54) is 10.8 Å². The second-order valence-electron chi connectivity index (χ2n) is 7.88. The third-order valence-corrected chi connectivity index (χ3v) is 5.81. The van der Waals surface area contributed by atoms with Gasteiger partial charge in [-0.2, -0.15) is 15.3 Å². The van der Waals surface area contributed by atoms with Gasteiger partial charge in [-0.15, -0.1) is 0 Å². The van der Waals surface area contributed by atoms with Crippen LogP contribution in [0.5, 0.6) is 5.88 Å². The number of hydrogen-bond donors (Lipinski definition) is 0. The highest BCUT2D eigenvalue weighted by molar-refractivity contribution is 5.83. The van der Waals surface area contributed by atoms with Gasteiger partial charge in [0.05, 0.1) is 47.8 Å². The van der Waals surface area contributed by atoms with Crippen LogP contribution < -0.4 is 10.3 Å². The van der Waals surface area contributed by atoms with Crippen LogP contribution in [0, 0.1) is 11.3 Å². The number of para-hydroxylation sites is 2. The van der Waals surface area contributed by atoms with E-state index in [0.717, 1.165) is 17.3 Å². The third kappa shape index (κ3) is 3.20. The van der Waals surface area contributed by atoms with E-state index in [1.807, 2.05) is 36.4 Å². The van der Waals surface area contributed by atoms with Gasteiger partial charge in [-0.1, -0.05) is 24.3 Å². The molecular weight excluding hydrogens is 420 g/mol. The van der Waals surface area contributed by atoms with Crippen molar-refractivity contribution in [1.82, 2.24) is 24.1 Å². The highest BCUT2D eigenvalue weighted by atomic mass is 16.5. The van der Waals surface area contributed by atoms with Gasteiger partial charge >= 0.3 is 0 Å². The number of fused-ring (bicyclic) bond motifs is 4. The summed E-state index contributed by atoms with van der Waals surface area (Å²) in [6, 6.07) is 16.9. The Morgan fingerprint density at radius 1 is 1.12 bits per heavy atom. The largest absolute Gasteiger partial charge is 0.471 e. The SMILES string of the molecule is N#Cc1cnn2c3ccccc3c(=O)n(Cc3nc(OC4CCOC4)c4ccccc4n3)c12. The van der Waals surface area contributed by atoms with Crippen molar-refractivity contribution in [2.45, 2.75) is 19.1 Å². The summed E-state index contributed by atoms with van der Waals surface area (Å²) in [4.78, 5) is 22.8. The zero-order valence-electron chi connectivity index (χ0n) is 17.5. The van der Waals surface area contributed by atoms with Crippen molar-refractivity contribution in [1.29, 1.82) is 5.26 Å². The molecule has 9 nitrogen and oxygen atoms in total. The smallest absolute Gasteiger partial charge is 0.262 e. The summed E-state index contributed by atoms with van der Waals surface area (Å²) in [5.74, 6) is 0.872. The van der Waals surface area contributed by atoms with Gasteiger partial charge in [-0.05, 0) is 24.3 Å². The number of hydrogen-bond acceptors (Lipinski definition) is 7. The molecule has 1 unspecified atom stereocenters. The van der Waals surface area contributed by atoms with E-state index in [9.17, 15) is 10.1 Å². The lowest BCUT2D eigenvalue weighted by molar-refractivity contribution is 0.139. The first-order chi connectivity index (χ1) is 16.2. The van der Waals surface area contributed by atoms with Crippen LogP contribution in [-0.2, 0) is 11.3 Å². The maximum absolute atomic E-state index is 13.4. The summed E-state index contributed by atoms with van der Waals surface area (Å²) in [5, 5.41) is 15.3. The molecule has 0 N–H and O–H groups in total. The lowest BCUT2D eigenvalue weighted by atomic mass is 10.2. The molecule has 1 fully saturated rings. The van der Waals surface area contributed by atoms with Crippen molar-refractivity contribution in [2.24, 2.45) is 0 Å². The molecule has 5 aromatic rings. The molecule has 2 aromatic carbocycles. The molecule has 1 atom stereocenters. The van der Waals surface area contributed by atoms with Gasteiger partial charge < -0.3 is 9.47 Å². The second kappa shape index (κ2) is 7.69. The summed E-state index contributed by atoms with van der Waals surface area (Å²) in [6.45, 7) is 1.23. The predicted octanol–water partition coefficient (Wildman–Crippen LogP) is 2.68. The van der Waals surface area contributed by atoms with Crippen molar-refractivity contribution < 1.29 is 9.47 Å². The Morgan fingerprint density at radius 2 is 1.94 bits per heavy atom. The molecule has 4 heterocycles. The van der Waals surface area contributed by atoms with Crippen LogP contribution in [0.3, 0.4) is 0 Å². The van der Waals surface area contributed by atoms with Crippen molar-refractivity contribution in [3.8, 4) is 11.9 Å². The average Bonchev–Trinajstić information content (AvgIpc) is 3.52. The molecular formula is C24H18N6O3. The maximum atomic E-state index is 13.4. The Balaban J connectivity index is 1.54. The van der Waals surface area contributed by atoms with E-state index >= 15 is 0 Å². The molecule has 0 spiro atoms. The van der Waals surface area contributed by atoms with Crippen LogP contribution in [0.2, 0.25) is 0 Å². The molecule has 6 rings (SSSR count). The van der Waals surface area contributed by atoms with Crippen molar-refractivity contribution in [2.75, 3.05) is 13.2 Å².